The average Bonchev–Trinajstić information content (AvgIpc) is 3.00. The summed E-state index contributed by atoms with van der Waals surface area (Å²) in [5, 5.41) is 10.9. The molecule has 0 aliphatic carbocycles. The maximum absolute atomic E-state index is 13.5. The summed E-state index contributed by atoms with van der Waals surface area (Å²) in [6.45, 7) is 8.58. The number of benzene rings is 2. The Kier molecular flexibility index (Phi) is 7.16. The van der Waals surface area contributed by atoms with Gasteiger partial charge in [0, 0.05) is 85.1 Å². The predicted octanol–water partition coefficient (Wildman–Crippen LogP) is 1.67. The number of nitrogens with zero attached hydrogens (tertiary/aromatic N) is 5. The van der Waals surface area contributed by atoms with Gasteiger partial charge in [0.1, 0.15) is 0 Å². The van der Waals surface area contributed by atoms with E-state index >= 15 is 0 Å². The number of amides is 2. The molecule has 0 saturated carbocycles. The highest BCUT2D eigenvalue weighted by molar-refractivity contribution is 6.01. The van der Waals surface area contributed by atoms with E-state index in [1.54, 1.807) is 11.8 Å². The Morgan fingerprint density at radius 2 is 1.69 bits per heavy atom. The molecule has 192 valence electrons. The summed E-state index contributed by atoms with van der Waals surface area (Å²) in [5.74, 6) is 0.0969. The fourth-order valence-corrected chi connectivity index (χ4v) is 5.65. The summed E-state index contributed by atoms with van der Waals surface area (Å²) >= 11 is 0. The molecule has 1 N–H and O–H groups in total. The number of likely N-dealkylation sites (N-methyl/N-ethyl adjacent to an activating group) is 1. The van der Waals surface area contributed by atoms with Gasteiger partial charge in [-0.05, 0) is 35.7 Å². The van der Waals surface area contributed by atoms with Crippen molar-refractivity contribution in [1.82, 2.24) is 14.7 Å². The number of hydrogen-bond acceptors (Lipinski definition) is 6. The fourth-order valence-electron chi connectivity index (χ4n) is 5.65. The number of anilines is 2. The molecule has 0 spiro atoms. The van der Waals surface area contributed by atoms with Gasteiger partial charge in [-0.25, -0.2) is 0 Å². The normalized spacial score (nSPS) is 19.6. The molecule has 0 aromatic heterocycles. The third kappa shape index (κ3) is 5.20. The van der Waals surface area contributed by atoms with Gasteiger partial charge < -0.3 is 24.7 Å². The Labute approximate surface area is 213 Å². The molecule has 3 aliphatic rings. The highest BCUT2D eigenvalue weighted by atomic mass is 16.3. The van der Waals surface area contributed by atoms with E-state index in [9.17, 15) is 14.7 Å². The molecule has 3 aliphatic heterocycles. The van der Waals surface area contributed by atoms with Crippen LogP contribution in [-0.4, -0.2) is 104 Å². The van der Waals surface area contributed by atoms with Gasteiger partial charge in [-0.1, -0.05) is 24.3 Å². The average molecular weight is 492 g/mol. The largest absolute Gasteiger partial charge is 0.390 e. The van der Waals surface area contributed by atoms with Crippen molar-refractivity contribution in [3.05, 3.63) is 59.2 Å². The van der Waals surface area contributed by atoms with Gasteiger partial charge in [0.25, 0.3) is 5.91 Å². The van der Waals surface area contributed by atoms with Gasteiger partial charge in [-0.15, -0.1) is 0 Å². The van der Waals surface area contributed by atoms with Gasteiger partial charge in [0.15, 0.2) is 0 Å². The summed E-state index contributed by atoms with van der Waals surface area (Å²) in [7, 11) is 2.02. The van der Waals surface area contributed by atoms with Crippen LogP contribution in [0.5, 0.6) is 0 Å². The van der Waals surface area contributed by atoms with Crippen molar-refractivity contribution in [2.75, 3.05) is 75.8 Å². The smallest absolute Gasteiger partial charge is 0.256 e. The van der Waals surface area contributed by atoms with Gasteiger partial charge in [-0.3, -0.25) is 14.5 Å². The Balaban J connectivity index is 1.23. The van der Waals surface area contributed by atoms with Crippen LogP contribution in [0.2, 0.25) is 0 Å². The lowest BCUT2D eigenvalue weighted by atomic mass is 10.00. The second kappa shape index (κ2) is 10.5. The number of piperazine rings is 1. The van der Waals surface area contributed by atoms with Crippen LogP contribution in [0.1, 0.15) is 28.4 Å². The van der Waals surface area contributed by atoms with E-state index in [-0.39, 0.29) is 11.8 Å². The van der Waals surface area contributed by atoms with Crippen molar-refractivity contribution in [1.29, 1.82) is 0 Å². The highest BCUT2D eigenvalue weighted by Crippen LogP contribution is 2.30. The first-order chi connectivity index (χ1) is 17.4. The van der Waals surface area contributed by atoms with Gasteiger partial charge in [0.05, 0.1) is 17.4 Å². The van der Waals surface area contributed by atoms with E-state index in [2.05, 4.69) is 45.0 Å². The monoisotopic (exact) mass is 491 g/mol. The topological polar surface area (TPSA) is 70.6 Å². The Morgan fingerprint density at radius 3 is 2.44 bits per heavy atom. The maximum Gasteiger partial charge on any atom is 0.256 e. The Bertz CT molecular complexity index is 1110. The molecule has 0 radical (unpaired) electrons. The summed E-state index contributed by atoms with van der Waals surface area (Å²) < 4.78 is 0. The van der Waals surface area contributed by atoms with Crippen LogP contribution in [0.4, 0.5) is 11.4 Å². The van der Waals surface area contributed by atoms with Gasteiger partial charge in [0.2, 0.25) is 5.91 Å². The molecule has 3 heterocycles. The van der Waals surface area contributed by atoms with Crippen molar-refractivity contribution in [3.63, 3.8) is 0 Å². The number of aliphatic hydroxyl groups is 1. The molecule has 8 heteroatoms. The van der Waals surface area contributed by atoms with Crippen molar-refractivity contribution < 1.29 is 14.7 Å². The molecule has 2 aromatic rings. The van der Waals surface area contributed by atoms with Crippen LogP contribution in [0.25, 0.3) is 0 Å². The van der Waals surface area contributed by atoms with Crippen LogP contribution < -0.4 is 9.80 Å². The number of rotatable bonds is 5. The van der Waals surface area contributed by atoms with E-state index in [4.69, 9.17) is 0 Å². The molecule has 1 saturated heterocycles. The molecule has 8 nitrogen and oxygen atoms in total. The summed E-state index contributed by atoms with van der Waals surface area (Å²) in [6, 6.07) is 14.5. The van der Waals surface area contributed by atoms with Crippen LogP contribution in [0.15, 0.2) is 42.5 Å². The molecular formula is C28H37N5O3. The van der Waals surface area contributed by atoms with E-state index in [1.165, 1.54) is 11.1 Å². The Morgan fingerprint density at radius 1 is 0.944 bits per heavy atom. The summed E-state index contributed by atoms with van der Waals surface area (Å²) in [6.07, 6.45) is 0.401. The third-order valence-corrected chi connectivity index (χ3v) is 7.82. The minimum atomic E-state index is -0.595. The Hall–Kier alpha value is -3.10. The van der Waals surface area contributed by atoms with Crippen LogP contribution in [-0.2, 0) is 17.8 Å². The zero-order valence-electron chi connectivity index (χ0n) is 21.4. The molecule has 2 aromatic carbocycles. The van der Waals surface area contributed by atoms with Crippen molar-refractivity contribution in [2.24, 2.45) is 0 Å². The number of hydrogen-bond donors (Lipinski definition) is 1. The van der Waals surface area contributed by atoms with Crippen LogP contribution >= 0.6 is 0 Å². The van der Waals surface area contributed by atoms with E-state index < -0.39 is 6.10 Å². The number of carbonyl (C=O) groups is 2. The summed E-state index contributed by atoms with van der Waals surface area (Å²) in [4.78, 5) is 35.5. The molecule has 0 bridgehead atoms. The molecule has 1 atom stereocenters. The fraction of sp³-hybridized carbons (Fsp3) is 0.500. The lowest BCUT2D eigenvalue weighted by Gasteiger charge is -2.36. The third-order valence-electron chi connectivity index (χ3n) is 7.82. The standard InChI is InChI=1S/C28H37N5O3/c1-21(34)31-13-15-32(16-14-31)24-7-8-26-27(17-24)29(2)11-12-33(28(26)36)20-25(35)19-30-10-9-22-5-3-4-6-23(22)18-30/h3-8,17,25,35H,9-16,18-20H2,1-2H3/t25-/m1/s1. The van der Waals surface area contributed by atoms with E-state index in [0.717, 1.165) is 57.1 Å². The van der Waals surface area contributed by atoms with Crippen molar-refractivity contribution in [2.45, 2.75) is 26.0 Å². The highest BCUT2D eigenvalue weighted by Gasteiger charge is 2.29. The summed E-state index contributed by atoms with van der Waals surface area (Å²) in [5.41, 5.74) is 5.41. The molecule has 2 amide bonds. The first-order valence-corrected chi connectivity index (χ1v) is 13.0. The lowest BCUT2D eigenvalue weighted by molar-refractivity contribution is -0.129. The number of β-amino-alcohol motifs (C(OH)–C–C–N with tert-alkyl or cyclic N) is 1. The van der Waals surface area contributed by atoms with Crippen LogP contribution in [0, 0.1) is 0 Å². The minimum Gasteiger partial charge on any atom is -0.390 e. The quantitative estimate of drug-likeness (QED) is 0.686. The predicted molar refractivity (Wildman–Crippen MR) is 142 cm³/mol. The second-order valence-corrected chi connectivity index (χ2v) is 10.3. The SMILES string of the molecule is CC(=O)N1CCN(c2ccc3c(c2)N(C)CCN(C[C@H](O)CN2CCc4ccccc4C2)C3=O)CC1. The number of fused-ring (bicyclic) bond motifs is 2. The first kappa shape index (κ1) is 24.6. The van der Waals surface area contributed by atoms with E-state index in [0.29, 0.717) is 31.7 Å². The van der Waals surface area contributed by atoms with Gasteiger partial charge in [-0.2, -0.15) is 0 Å². The van der Waals surface area contributed by atoms with Crippen LogP contribution in [0.3, 0.4) is 0 Å². The molecule has 36 heavy (non-hydrogen) atoms. The molecular weight excluding hydrogens is 454 g/mol. The second-order valence-electron chi connectivity index (χ2n) is 10.3. The zero-order chi connectivity index (χ0) is 25.2. The maximum atomic E-state index is 13.5. The molecule has 1 fully saturated rings. The zero-order valence-corrected chi connectivity index (χ0v) is 21.4. The molecule has 0 unspecified atom stereocenters. The van der Waals surface area contributed by atoms with Gasteiger partial charge >= 0.3 is 0 Å². The van der Waals surface area contributed by atoms with E-state index in [1.807, 2.05) is 24.1 Å². The first-order valence-electron chi connectivity index (χ1n) is 13.0. The van der Waals surface area contributed by atoms with Crippen molar-refractivity contribution in [3.8, 4) is 0 Å². The lowest BCUT2D eigenvalue weighted by Crippen LogP contribution is -2.48. The number of carbonyl (C=O) groups excluding carboxylic acids is 2. The minimum absolute atomic E-state index is 0.0228. The number of aliphatic hydroxyl groups excluding tert-OH is 1. The van der Waals surface area contributed by atoms with Crippen molar-refractivity contribution >= 4 is 23.2 Å². The molecule has 5 rings (SSSR count).